The van der Waals surface area contributed by atoms with E-state index < -0.39 is 12.1 Å². The molecule has 2 aliphatic rings. The molecule has 1 atom stereocenters. The van der Waals surface area contributed by atoms with E-state index in [9.17, 15) is 14.4 Å². The smallest absolute Gasteiger partial charge is 0.407 e. The second-order valence-electron chi connectivity index (χ2n) is 5.69. The number of amides is 2. The molecule has 23 heavy (non-hydrogen) atoms. The van der Waals surface area contributed by atoms with Crippen LogP contribution in [0.15, 0.2) is 30.3 Å². The van der Waals surface area contributed by atoms with Crippen molar-refractivity contribution in [2.24, 2.45) is 0 Å². The quantitative estimate of drug-likeness (QED) is 0.798. The van der Waals surface area contributed by atoms with Crippen molar-refractivity contribution in [1.82, 2.24) is 15.1 Å². The van der Waals surface area contributed by atoms with Gasteiger partial charge in [0.25, 0.3) is 0 Å². The van der Waals surface area contributed by atoms with Crippen molar-refractivity contribution in [3.05, 3.63) is 35.9 Å². The predicted molar refractivity (Wildman–Crippen MR) is 82.1 cm³/mol. The predicted octanol–water partition coefficient (Wildman–Crippen LogP) is 0.122. The lowest BCUT2D eigenvalue weighted by Gasteiger charge is -2.35. The number of piperazine rings is 1. The summed E-state index contributed by atoms with van der Waals surface area (Å²) >= 11 is 0. The van der Waals surface area contributed by atoms with Crippen LogP contribution in [0, 0.1) is 0 Å². The Labute approximate surface area is 134 Å². The minimum absolute atomic E-state index is 0.0850. The number of hydrogen-bond donors (Lipinski definition) is 1. The van der Waals surface area contributed by atoms with E-state index in [-0.39, 0.29) is 18.3 Å². The maximum Gasteiger partial charge on any atom is 0.407 e. The molecule has 122 valence electrons. The number of benzene rings is 1. The van der Waals surface area contributed by atoms with Crippen molar-refractivity contribution in [1.29, 1.82) is 0 Å². The summed E-state index contributed by atoms with van der Waals surface area (Å²) in [5.74, 6) is -0.0354. The van der Waals surface area contributed by atoms with Crippen LogP contribution in [0.25, 0.3) is 0 Å². The van der Waals surface area contributed by atoms with E-state index >= 15 is 0 Å². The molecule has 7 nitrogen and oxygen atoms in total. The highest BCUT2D eigenvalue weighted by Gasteiger charge is 2.33. The van der Waals surface area contributed by atoms with Gasteiger partial charge in [-0.2, -0.15) is 0 Å². The summed E-state index contributed by atoms with van der Waals surface area (Å²) in [6.45, 7) is 2.83. The summed E-state index contributed by atoms with van der Waals surface area (Å²) in [6.07, 6.45) is -0.546. The van der Waals surface area contributed by atoms with Crippen LogP contribution >= 0.6 is 0 Å². The number of nitrogens with one attached hydrogen (secondary N) is 1. The lowest BCUT2D eigenvalue weighted by molar-refractivity contribution is -0.134. The van der Waals surface area contributed by atoms with Gasteiger partial charge in [0.2, 0.25) is 5.91 Å². The van der Waals surface area contributed by atoms with Gasteiger partial charge in [0.15, 0.2) is 5.78 Å². The fraction of sp³-hybridized carbons (Fsp3) is 0.438. The van der Waals surface area contributed by atoms with Crippen molar-refractivity contribution in [3.8, 4) is 0 Å². The molecule has 1 N–H and O–H groups in total. The first-order chi connectivity index (χ1) is 11.1. The van der Waals surface area contributed by atoms with Gasteiger partial charge in [-0.15, -0.1) is 0 Å². The van der Waals surface area contributed by atoms with Crippen LogP contribution in [0.5, 0.6) is 0 Å². The first-order valence-corrected chi connectivity index (χ1v) is 7.66. The van der Waals surface area contributed by atoms with Gasteiger partial charge in [-0.3, -0.25) is 14.5 Å². The van der Waals surface area contributed by atoms with E-state index in [1.165, 1.54) is 0 Å². The maximum atomic E-state index is 12.2. The fourth-order valence-electron chi connectivity index (χ4n) is 2.78. The van der Waals surface area contributed by atoms with E-state index in [4.69, 9.17) is 4.74 Å². The molecular weight excluding hydrogens is 298 g/mol. The normalized spacial score (nSPS) is 21.7. The van der Waals surface area contributed by atoms with Gasteiger partial charge in [-0.1, -0.05) is 30.3 Å². The molecule has 0 bridgehead atoms. The summed E-state index contributed by atoms with van der Waals surface area (Å²) in [5.41, 5.74) is 0.705. The molecule has 2 aliphatic heterocycles. The fourth-order valence-corrected chi connectivity index (χ4v) is 2.78. The Morgan fingerprint density at radius 2 is 1.83 bits per heavy atom. The van der Waals surface area contributed by atoms with Crippen molar-refractivity contribution >= 4 is 17.8 Å². The van der Waals surface area contributed by atoms with Gasteiger partial charge in [0.1, 0.15) is 12.6 Å². The molecule has 0 radical (unpaired) electrons. The molecule has 3 rings (SSSR count). The number of carbonyl (C=O) groups excluding carboxylic acids is 3. The van der Waals surface area contributed by atoms with Gasteiger partial charge in [0, 0.05) is 31.7 Å². The van der Waals surface area contributed by atoms with Crippen LogP contribution in [0.3, 0.4) is 0 Å². The van der Waals surface area contributed by atoms with Crippen LogP contribution in [-0.2, 0) is 9.53 Å². The minimum Gasteiger partial charge on any atom is -0.447 e. The van der Waals surface area contributed by atoms with Crippen LogP contribution < -0.4 is 5.32 Å². The standard InChI is InChI=1S/C16H19N3O4/c20-14(12-4-2-1-3-5-12)10-18-6-8-19(9-7-18)15(21)13-11-23-16(22)17-13/h1-5,13H,6-11H2,(H,17,22)/t13-/m0/s1. The average Bonchev–Trinajstić information content (AvgIpc) is 3.02. The molecule has 2 fully saturated rings. The number of alkyl carbamates (subject to hydrolysis) is 1. The van der Waals surface area contributed by atoms with Crippen molar-refractivity contribution in [2.45, 2.75) is 6.04 Å². The van der Waals surface area contributed by atoms with Crippen LogP contribution in [-0.4, -0.2) is 73.0 Å². The monoisotopic (exact) mass is 317 g/mol. The lowest BCUT2D eigenvalue weighted by atomic mass is 10.1. The first-order valence-electron chi connectivity index (χ1n) is 7.66. The van der Waals surface area contributed by atoms with Crippen LogP contribution in [0.4, 0.5) is 4.79 Å². The van der Waals surface area contributed by atoms with Gasteiger partial charge in [-0.25, -0.2) is 4.79 Å². The molecule has 2 amide bonds. The molecular formula is C16H19N3O4. The van der Waals surface area contributed by atoms with Crippen LogP contribution in [0.1, 0.15) is 10.4 Å². The van der Waals surface area contributed by atoms with Crippen molar-refractivity contribution in [2.75, 3.05) is 39.3 Å². The van der Waals surface area contributed by atoms with E-state index in [0.717, 1.165) is 0 Å². The lowest BCUT2D eigenvalue weighted by Crippen LogP contribution is -2.54. The Morgan fingerprint density at radius 1 is 1.13 bits per heavy atom. The van der Waals surface area contributed by atoms with Crippen LogP contribution in [0.2, 0.25) is 0 Å². The third-order valence-electron chi connectivity index (χ3n) is 4.12. The molecule has 7 heteroatoms. The zero-order valence-corrected chi connectivity index (χ0v) is 12.7. The zero-order valence-electron chi connectivity index (χ0n) is 12.7. The van der Waals surface area contributed by atoms with E-state index in [2.05, 4.69) is 5.32 Å². The molecule has 1 aromatic carbocycles. The Kier molecular flexibility index (Phi) is 4.57. The summed E-state index contributed by atoms with van der Waals surface area (Å²) in [4.78, 5) is 39.2. The number of ether oxygens (including phenoxy) is 1. The maximum absolute atomic E-state index is 12.2. The average molecular weight is 317 g/mol. The zero-order chi connectivity index (χ0) is 16.2. The molecule has 0 spiro atoms. The molecule has 0 aliphatic carbocycles. The Bertz CT molecular complexity index is 597. The Balaban J connectivity index is 1.48. The molecule has 0 aromatic heterocycles. The van der Waals surface area contributed by atoms with Crippen molar-refractivity contribution in [3.63, 3.8) is 0 Å². The number of cyclic esters (lactones) is 1. The number of nitrogens with zero attached hydrogens (tertiary/aromatic N) is 2. The SMILES string of the molecule is O=C1N[C@H](C(=O)N2CCN(CC(=O)c3ccccc3)CC2)CO1. The third-order valence-corrected chi connectivity index (χ3v) is 4.12. The molecule has 2 saturated heterocycles. The third kappa shape index (κ3) is 3.68. The van der Waals surface area contributed by atoms with Crippen molar-refractivity contribution < 1.29 is 19.1 Å². The second kappa shape index (κ2) is 6.78. The number of hydrogen-bond acceptors (Lipinski definition) is 5. The minimum atomic E-state index is -0.583. The summed E-state index contributed by atoms with van der Waals surface area (Å²) in [7, 11) is 0. The van der Waals surface area contributed by atoms with E-state index in [0.29, 0.717) is 38.3 Å². The molecule has 0 saturated carbocycles. The van der Waals surface area contributed by atoms with Gasteiger partial charge < -0.3 is 15.0 Å². The number of Topliss-reactive ketones (excluding diaryl/α,β-unsaturated/α-hetero) is 1. The summed E-state index contributed by atoms with van der Waals surface area (Å²) in [6, 6.07) is 8.62. The highest BCUT2D eigenvalue weighted by atomic mass is 16.6. The molecule has 2 heterocycles. The summed E-state index contributed by atoms with van der Waals surface area (Å²) in [5, 5.41) is 2.50. The Hall–Kier alpha value is -2.41. The topological polar surface area (TPSA) is 79.0 Å². The number of rotatable bonds is 4. The number of carbonyl (C=O) groups is 3. The number of ketones is 1. The highest BCUT2D eigenvalue weighted by molar-refractivity contribution is 5.97. The first kappa shape index (κ1) is 15.5. The van der Waals surface area contributed by atoms with Gasteiger partial charge in [-0.05, 0) is 0 Å². The largest absolute Gasteiger partial charge is 0.447 e. The van der Waals surface area contributed by atoms with Gasteiger partial charge >= 0.3 is 6.09 Å². The summed E-state index contributed by atoms with van der Waals surface area (Å²) < 4.78 is 4.75. The second-order valence-corrected chi connectivity index (χ2v) is 5.69. The highest BCUT2D eigenvalue weighted by Crippen LogP contribution is 2.09. The molecule has 0 unspecified atom stereocenters. The van der Waals surface area contributed by atoms with E-state index in [1.807, 2.05) is 35.2 Å². The van der Waals surface area contributed by atoms with E-state index in [1.54, 1.807) is 4.90 Å². The van der Waals surface area contributed by atoms with Gasteiger partial charge in [0.05, 0.1) is 6.54 Å². The molecule has 1 aromatic rings. The Morgan fingerprint density at radius 3 is 2.43 bits per heavy atom.